The van der Waals surface area contributed by atoms with Gasteiger partial charge in [-0.25, -0.2) is 0 Å². The molecule has 0 radical (unpaired) electrons. The topological polar surface area (TPSA) is 21.3 Å². The van der Waals surface area contributed by atoms with Crippen LogP contribution >= 0.6 is 11.6 Å². The predicted molar refractivity (Wildman–Crippen MR) is 63.4 cm³/mol. The van der Waals surface area contributed by atoms with Gasteiger partial charge in [-0.05, 0) is 44.1 Å². The highest BCUT2D eigenvalue weighted by molar-refractivity contribution is 6.20. The smallest absolute Gasteiger partial charge is 0.0507 e. The summed E-state index contributed by atoms with van der Waals surface area (Å²) in [6, 6.07) is 0. The number of ether oxygens (including phenoxy) is 1. The van der Waals surface area contributed by atoms with Crippen molar-refractivity contribution in [2.24, 2.45) is 11.8 Å². The highest BCUT2D eigenvalue weighted by Gasteiger charge is 2.20. The first-order valence-electron chi connectivity index (χ1n) is 6.27. The van der Waals surface area contributed by atoms with Crippen molar-refractivity contribution in [3.8, 4) is 0 Å². The SMILES string of the molecule is ClC1CCCC(CNCC2CCOC2)C1. The number of alkyl halides is 1. The van der Waals surface area contributed by atoms with Gasteiger partial charge in [-0.3, -0.25) is 0 Å². The maximum absolute atomic E-state index is 6.17. The van der Waals surface area contributed by atoms with Crippen LogP contribution in [-0.2, 0) is 4.74 Å². The van der Waals surface area contributed by atoms with Gasteiger partial charge in [-0.2, -0.15) is 0 Å². The first-order valence-corrected chi connectivity index (χ1v) is 6.71. The zero-order chi connectivity index (χ0) is 10.5. The molecule has 88 valence electrons. The third-order valence-electron chi connectivity index (χ3n) is 3.61. The van der Waals surface area contributed by atoms with Gasteiger partial charge in [-0.15, -0.1) is 11.6 Å². The van der Waals surface area contributed by atoms with Crippen LogP contribution in [0.3, 0.4) is 0 Å². The Hall–Kier alpha value is 0.210. The van der Waals surface area contributed by atoms with Crippen LogP contribution in [0, 0.1) is 11.8 Å². The number of nitrogens with one attached hydrogen (secondary N) is 1. The molecule has 1 aliphatic heterocycles. The molecule has 0 aromatic heterocycles. The summed E-state index contributed by atoms with van der Waals surface area (Å²) in [6.07, 6.45) is 6.32. The summed E-state index contributed by atoms with van der Waals surface area (Å²) in [7, 11) is 0. The van der Waals surface area contributed by atoms with Crippen molar-refractivity contribution < 1.29 is 4.74 Å². The quantitative estimate of drug-likeness (QED) is 0.751. The molecule has 1 saturated carbocycles. The van der Waals surface area contributed by atoms with Crippen molar-refractivity contribution >= 4 is 11.6 Å². The van der Waals surface area contributed by atoms with Crippen LogP contribution in [0.15, 0.2) is 0 Å². The third-order valence-corrected chi connectivity index (χ3v) is 4.01. The molecule has 1 aliphatic carbocycles. The zero-order valence-electron chi connectivity index (χ0n) is 9.38. The Morgan fingerprint density at radius 2 is 2.00 bits per heavy atom. The highest BCUT2D eigenvalue weighted by Crippen LogP contribution is 2.27. The Labute approximate surface area is 97.7 Å². The van der Waals surface area contributed by atoms with Crippen molar-refractivity contribution in [1.82, 2.24) is 5.32 Å². The maximum atomic E-state index is 6.17. The molecule has 0 spiro atoms. The summed E-state index contributed by atoms with van der Waals surface area (Å²) < 4.78 is 5.36. The van der Waals surface area contributed by atoms with Crippen LogP contribution in [0.1, 0.15) is 32.1 Å². The first-order chi connectivity index (χ1) is 7.34. The molecule has 2 fully saturated rings. The molecule has 15 heavy (non-hydrogen) atoms. The highest BCUT2D eigenvalue weighted by atomic mass is 35.5. The fourth-order valence-corrected chi connectivity index (χ4v) is 3.05. The molecule has 0 aromatic carbocycles. The van der Waals surface area contributed by atoms with Gasteiger partial charge in [-0.1, -0.05) is 6.42 Å². The van der Waals surface area contributed by atoms with E-state index in [9.17, 15) is 0 Å². The van der Waals surface area contributed by atoms with Crippen molar-refractivity contribution in [2.45, 2.75) is 37.5 Å². The predicted octanol–water partition coefficient (Wildman–Crippen LogP) is 2.41. The van der Waals surface area contributed by atoms with Gasteiger partial charge >= 0.3 is 0 Å². The summed E-state index contributed by atoms with van der Waals surface area (Å²) in [5, 5.41) is 4.01. The minimum Gasteiger partial charge on any atom is -0.381 e. The van der Waals surface area contributed by atoms with Crippen molar-refractivity contribution in [3.63, 3.8) is 0 Å². The number of hydrogen-bond acceptors (Lipinski definition) is 2. The molecule has 2 aliphatic rings. The molecular weight excluding hydrogens is 210 g/mol. The molecule has 3 unspecified atom stereocenters. The molecule has 3 atom stereocenters. The Bertz CT molecular complexity index is 182. The lowest BCUT2D eigenvalue weighted by molar-refractivity contribution is 0.184. The normalized spacial score (nSPS) is 37.0. The van der Waals surface area contributed by atoms with Crippen LogP contribution in [0.5, 0.6) is 0 Å². The van der Waals surface area contributed by atoms with Gasteiger partial charge < -0.3 is 10.1 Å². The van der Waals surface area contributed by atoms with Gasteiger partial charge in [0.05, 0.1) is 6.61 Å². The van der Waals surface area contributed by atoms with E-state index in [2.05, 4.69) is 5.32 Å². The van der Waals surface area contributed by atoms with Crippen molar-refractivity contribution in [2.75, 3.05) is 26.3 Å². The Balaban J connectivity index is 1.56. The van der Waals surface area contributed by atoms with E-state index in [4.69, 9.17) is 16.3 Å². The zero-order valence-corrected chi connectivity index (χ0v) is 10.1. The largest absolute Gasteiger partial charge is 0.381 e. The van der Waals surface area contributed by atoms with E-state index < -0.39 is 0 Å². The Morgan fingerprint density at radius 1 is 1.13 bits per heavy atom. The minimum absolute atomic E-state index is 0.431. The van der Waals surface area contributed by atoms with E-state index in [0.717, 1.165) is 38.1 Å². The third kappa shape index (κ3) is 3.93. The summed E-state index contributed by atoms with van der Waals surface area (Å²) in [5.41, 5.74) is 0. The fourth-order valence-electron chi connectivity index (χ4n) is 2.65. The maximum Gasteiger partial charge on any atom is 0.0507 e. The van der Waals surface area contributed by atoms with Gasteiger partial charge in [0, 0.05) is 18.5 Å². The molecule has 0 bridgehead atoms. The van der Waals surface area contributed by atoms with E-state index in [-0.39, 0.29) is 0 Å². The lowest BCUT2D eigenvalue weighted by atomic mass is 9.89. The van der Waals surface area contributed by atoms with Crippen LogP contribution in [0.4, 0.5) is 0 Å². The average Bonchev–Trinajstić information content (AvgIpc) is 2.71. The van der Waals surface area contributed by atoms with Crippen molar-refractivity contribution in [1.29, 1.82) is 0 Å². The number of rotatable bonds is 4. The second-order valence-electron chi connectivity index (χ2n) is 5.02. The summed E-state index contributed by atoms with van der Waals surface area (Å²) >= 11 is 6.17. The second-order valence-corrected chi connectivity index (χ2v) is 5.63. The average molecular weight is 232 g/mol. The lowest BCUT2D eigenvalue weighted by Crippen LogP contribution is -2.31. The molecule has 1 heterocycles. The number of hydrogen-bond donors (Lipinski definition) is 1. The van der Waals surface area contributed by atoms with Gasteiger partial charge in [0.15, 0.2) is 0 Å². The number of halogens is 1. The van der Waals surface area contributed by atoms with Crippen molar-refractivity contribution in [3.05, 3.63) is 0 Å². The molecule has 1 N–H and O–H groups in total. The van der Waals surface area contributed by atoms with Gasteiger partial charge in [0.25, 0.3) is 0 Å². The van der Waals surface area contributed by atoms with E-state index in [0.29, 0.717) is 5.38 Å². The summed E-state index contributed by atoms with van der Waals surface area (Å²) in [5.74, 6) is 1.56. The van der Waals surface area contributed by atoms with E-state index in [1.54, 1.807) is 0 Å². The molecule has 0 amide bonds. The minimum atomic E-state index is 0.431. The molecule has 2 rings (SSSR count). The molecule has 3 heteroatoms. The summed E-state index contributed by atoms with van der Waals surface area (Å²) in [4.78, 5) is 0. The molecule has 1 saturated heterocycles. The molecule has 2 nitrogen and oxygen atoms in total. The van der Waals surface area contributed by atoms with Crippen LogP contribution in [0.2, 0.25) is 0 Å². The standard InChI is InChI=1S/C12H22ClNO/c13-12-3-1-2-10(6-12)7-14-8-11-4-5-15-9-11/h10-12,14H,1-9H2. The second kappa shape index (κ2) is 6.07. The van der Waals surface area contributed by atoms with E-state index in [1.807, 2.05) is 0 Å². The van der Waals surface area contributed by atoms with Gasteiger partial charge in [0.1, 0.15) is 0 Å². The van der Waals surface area contributed by atoms with Gasteiger partial charge in [0.2, 0.25) is 0 Å². The van der Waals surface area contributed by atoms with E-state index >= 15 is 0 Å². The van der Waals surface area contributed by atoms with Crippen LogP contribution in [-0.4, -0.2) is 31.7 Å². The monoisotopic (exact) mass is 231 g/mol. The first kappa shape index (κ1) is 11.7. The lowest BCUT2D eigenvalue weighted by Gasteiger charge is -2.26. The van der Waals surface area contributed by atoms with Crippen LogP contribution < -0.4 is 5.32 Å². The van der Waals surface area contributed by atoms with E-state index in [1.165, 1.54) is 32.1 Å². The molecular formula is C12H22ClNO. The Kier molecular flexibility index (Phi) is 4.73. The molecule has 0 aromatic rings. The van der Waals surface area contributed by atoms with Crippen LogP contribution in [0.25, 0.3) is 0 Å². The fraction of sp³-hybridized carbons (Fsp3) is 1.00. The summed E-state index contributed by atoms with van der Waals surface area (Å²) in [6.45, 7) is 4.19. The Morgan fingerprint density at radius 3 is 2.73 bits per heavy atom.